The second-order valence-corrected chi connectivity index (χ2v) is 9.92. The molecule has 0 aromatic heterocycles. The van der Waals surface area contributed by atoms with E-state index in [2.05, 4.69) is 31.9 Å². The monoisotopic (exact) mass is 187 g/mol. The highest BCUT2D eigenvalue weighted by Crippen LogP contribution is 1.98. The summed E-state index contributed by atoms with van der Waals surface area (Å²) in [5, 5.41) is 2.98. The quantitative estimate of drug-likeness (QED) is 0.657. The second-order valence-electron chi connectivity index (χ2n) is 4.44. The van der Waals surface area contributed by atoms with Crippen molar-refractivity contribution in [3.05, 3.63) is 0 Å². The van der Waals surface area contributed by atoms with Crippen LogP contribution in [0.15, 0.2) is 0 Å². The first kappa shape index (κ1) is 11.7. The summed E-state index contributed by atoms with van der Waals surface area (Å²) in [6.07, 6.45) is 3.72. The third-order valence-corrected chi connectivity index (χ3v) is 2.81. The summed E-state index contributed by atoms with van der Waals surface area (Å²) in [5.74, 6) is 0.222. The van der Waals surface area contributed by atoms with Crippen molar-refractivity contribution >= 4 is 14.0 Å². The Kier molecular flexibility index (Phi) is 5.21. The van der Waals surface area contributed by atoms with Crippen LogP contribution in [-0.2, 0) is 4.79 Å². The van der Waals surface area contributed by atoms with Crippen LogP contribution in [0, 0.1) is 0 Å². The van der Waals surface area contributed by atoms with Crippen molar-refractivity contribution in [1.82, 2.24) is 5.32 Å². The summed E-state index contributed by atoms with van der Waals surface area (Å²) in [5.41, 5.74) is 0. The highest BCUT2D eigenvalue weighted by molar-refractivity contribution is 6.76. The maximum absolute atomic E-state index is 11.2. The molecule has 0 radical (unpaired) electrons. The summed E-state index contributed by atoms with van der Waals surface area (Å²) in [4.78, 5) is 11.2. The Hall–Kier alpha value is -0.313. The molecule has 1 N–H and O–H groups in total. The lowest BCUT2D eigenvalue weighted by atomic mass is 10.2. The predicted molar refractivity (Wildman–Crippen MR) is 55.9 cm³/mol. The molecule has 0 aromatic carbocycles. The van der Waals surface area contributed by atoms with E-state index in [4.69, 9.17) is 0 Å². The molecular weight excluding hydrogens is 166 g/mol. The van der Waals surface area contributed by atoms with Crippen LogP contribution in [0.25, 0.3) is 0 Å². The number of carbonyl (C=O) groups is 1. The molecule has 0 aliphatic carbocycles. The molecule has 0 unspecified atom stereocenters. The van der Waals surface area contributed by atoms with Crippen molar-refractivity contribution < 1.29 is 4.79 Å². The topological polar surface area (TPSA) is 29.1 Å². The van der Waals surface area contributed by atoms with Crippen LogP contribution in [0.4, 0.5) is 0 Å². The lowest BCUT2D eigenvalue weighted by Crippen LogP contribution is -2.39. The first-order chi connectivity index (χ1) is 5.45. The molecule has 72 valence electrons. The minimum atomic E-state index is -1.09. The minimum Gasteiger partial charge on any atom is -0.359 e. The second kappa shape index (κ2) is 5.35. The summed E-state index contributed by atoms with van der Waals surface area (Å²) >= 11 is 0. The van der Waals surface area contributed by atoms with Crippen LogP contribution in [0.1, 0.15) is 26.2 Å². The van der Waals surface area contributed by atoms with Crippen molar-refractivity contribution in [3.8, 4) is 0 Å². The third-order valence-electron chi connectivity index (χ3n) is 1.57. The van der Waals surface area contributed by atoms with Gasteiger partial charge in [-0.3, -0.25) is 4.79 Å². The van der Waals surface area contributed by atoms with Gasteiger partial charge in [-0.15, -0.1) is 0 Å². The molecule has 0 saturated carbocycles. The maximum atomic E-state index is 11.2. The van der Waals surface area contributed by atoms with Gasteiger partial charge >= 0.3 is 0 Å². The van der Waals surface area contributed by atoms with E-state index in [1.807, 2.05) is 0 Å². The Balaban J connectivity index is 3.44. The van der Waals surface area contributed by atoms with Crippen LogP contribution < -0.4 is 5.32 Å². The van der Waals surface area contributed by atoms with Gasteiger partial charge < -0.3 is 5.32 Å². The fourth-order valence-electron chi connectivity index (χ4n) is 0.789. The van der Waals surface area contributed by atoms with Crippen LogP contribution in [0.5, 0.6) is 0 Å². The molecule has 0 saturated heterocycles. The van der Waals surface area contributed by atoms with E-state index in [1.165, 1.54) is 0 Å². The summed E-state index contributed by atoms with van der Waals surface area (Å²) in [6.45, 7) is 8.87. The molecule has 0 atom stereocenters. The highest BCUT2D eigenvalue weighted by Gasteiger charge is 2.13. The van der Waals surface area contributed by atoms with Gasteiger partial charge in [-0.2, -0.15) is 0 Å². The van der Waals surface area contributed by atoms with Gasteiger partial charge in [0.1, 0.15) is 0 Å². The highest BCUT2D eigenvalue weighted by atomic mass is 28.3. The fourth-order valence-corrected chi connectivity index (χ4v) is 1.52. The number of carbonyl (C=O) groups excluding carboxylic acids is 1. The van der Waals surface area contributed by atoms with Crippen molar-refractivity contribution in [2.75, 3.05) is 6.17 Å². The smallest absolute Gasteiger partial charge is 0.219 e. The minimum absolute atomic E-state index is 0.222. The molecule has 2 nitrogen and oxygen atoms in total. The van der Waals surface area contributed by atoms with E-state index in [-0.39, 0.29) is 5.91 Å². The number of hydrogen-bond donors (Lipinski definition) is 1. The van der Waals surface area contributed by atoms with Crippen LogP contribution in [0.3, 0.4) is 0 Å². The average Bonchev–Trinajstić information content (AvgIpc) is 1.95. The van der Waals surface area contributed by atoms with Gasteiger partial charge in [-0.05, 0) is 6.42 Å². The van der Waals surface area contributed by atoms with E-state index in [0.717, 1.165) is 19.0 Å². The number of unbranched alkanes of at least 4 members (excludes halogenated alkanes) is 1. The molecule has 12 heavy (non-hydrogen) atoms. The van der Waals surface area contributed by atoms with E-state index >= 15 is 0 Å². The van der Waals surface area contributed by atoms with E-state index in [9.17, 15) is 4.79 Å². The molecule has 0 bridgehead atoms. The van der Waals surface area contributed by atoms with Gasteiger partial charge in [0.05, 0.1) is 8.07 Å². The number of rotatable bonds is 5. The molecule has 0 rings (SSSR count). The Labute approximate surface area is 76.8 Å². The molecule has 0 aliphatic heterocycles. The molecule has 3 heteroatoms. The zero-order valence-electron chi connectivity index (χ0n) is 8.74. The molecule has 0 fully saturated rings. The first-order valence-corrected chi connectivity index (χ1v) is 8.43. The van der Waals surface area contributed by atoms with E-state index in [1.54, 1.807) is 0 Å². The fraction of sp³-hybridized carbons (Fsp3) is 0.889. The Morgan fingerprint density at radius 3 is 2.33 bits per heavy atom. The predicted octanol–water partition coefficient (Wildman–Crippen LogP) is 2.17. The summed E-state index contributed by atoms with van der Waals surface area (Å²) in [6, 6.07) is 0. The van der Waals surface area contributed by atoms with Crippen LogP contribution in [-0.4, -0.2) is 20.1 Å². The molecule has 0 heterocycles. The Morgan fingerprint density at radius 2 is 1.92 bits per heavy atom. The standard InChI is InChI=1S/C9H21NOSi/c1-5-6-7-9(11)10-8-12(2,3)4/h5-8H2,1-4H3,(H,10,11). The lowest BCUT2D eigenvalue weighted by molar-refractivity contribution is -0.120. The lowest BCUT2D eigenvalue weighted by Gasteiger charge is -2.16. The largest absolute Gasteiger partial charge is 0.359 e. The normalized spacial score (nSPS) is 11.3. The molecule has 1 amide bonds. The first-order valence-electron chi connectivity index (χ1n) is 4.72. The van der Waals surface area contributed by atoms with Gasteiger partial charge in [0, 0.05) is 12.6 Å². The third kappa shape index (κ3) is 7.79. The molecule has 0 aliphatic rings. The van der Waals surface area contributed by atoms with Crippen molar-refractivity contribution in [1.29, 1.82) is 0 Å². The number of hydrogen-bond acceptors (Lipinski definition) is 1. The van der Waals surface area contributed by atoms with Gasteiger partial charge in [0.25, 0.3) is 0 Å². The Morgan fingerprint density at radius 1 is 1.33 bits per heavy atom. The van der Waals surface area contributed by atoms with Crippen molar-refractivity contribution in [2.45, 2.75) is 45.8 Å². The average molecular weight is 187 g/mol. The number of amides is 1. The van der Waals surface area contributed by atoms with Crippen molar-refractivity contribution in [3.63, 3.8) is 0 Å². The van der Waals surface area contributed by atoms with Crippen molar-refractivity contribution in [2.24, 2.45) is 0 Å². The van der Waals surface area contributed by atoms with Crippen LogP contribution in [0.2, 0.25) is 19.6 Å². The molecular formula is C9H21NOSi. The van der Waals surface area contributed by atoms with Gasteiger partial charge in [0.15, 0.2) is 0 Å². The Bertz CT molecular complexity index is 140. The summed E-state index contributed by atoms with van der Waals surface area (Å²) < 4.78 is 0. The maximum Gasteiger partial charge on any atom is 0.219 e. The van der Waals surface area contributed by atoms with Gasteiger partial charge in [-0.25, -0.2) is 0 Å². The molecule has 0 aromatic rings. The van der Waals surface area contributed by atoms with Gasteiger partial charge in [0.2, 0.25) is 5.91 Å². The zero-order chi connectivity index (χ0) is 9.61. The van der Waals surface area contributed by atoms with E-state index in [0.29, 0.717) is 6.42 Å². The molecule has 0 spiro atoms. The van der Waals surface area contributed by atoms with Crippen LogP contribution >= 0.6 is 0 Å². The number of nitrogens with one attached hydrogen (secondary N) is 1. The SMILES string of the molecule is CCCCC(=O)NC[Si](C)(C)C. The summed E-state index contributed by atoms with van der Waals surface area (Å²) in [7, 11) is -1.09. The zero-order valence-corrected chi connectivity index (χ0v) is 9.74. The van der Waals surface area contributed by atoms with E-state index < -0.39 is 8.07 Å². The van der Waals surface area contributed by atoms with Gasteiger partial charge in [-0.1, -0.05) is 33.0 Å².